The van der Waals surface area contributed by atoms with Gasteiger partial charge in [-0.15, -0.1) is 5.10 Å². The molecule has 1 aromatic heterocycles. The van der Waals surface area contributed by atoms with Gasteiger partial charge in [0.2, 0.25) is 11.1 Å². The molecule has 2 N–H and O–H groups in total. The van der Waals surface area contributed by atoms with Crippen LogP contribution < -0.4 is 5.32 Å². The maximum atomic E-state index is 4.42. The number of aromatic amines is 1. The zero-order valence-corrected chi connectivity index (χ0v) is 12.4. The van der Waals surface area contributed by atoms with E-state index in [0.717, 1.165) is 16.6 Å². The third kappa shape index (κ3) is 4.28. The van der Waals surface area contributed by atoms with E-state index < -0.39 is 0 Å². The predicted octanol–water partition coefficient (Wildman–Crippen LogP) is 3.99. The summed E-state index contributed by atoms with van der Waals surface area (Å²) in [7, 11) is 0. The smallest absolute Gasteiger partial charge is 0.223 e. The summed E-state index contributed by atoms with van der Waals surface area (Å²) in [5.41, 5.74) is 2.26. The molecule has 0 fully saturated rings. The molecule has 0 aliphatic rings. The third-order valence-corrected chi connectivity index (χ3v) is 4.15. The molecule has 0 amide bonds. The van der Waals surface area contributed by atoms with Crippen LogP contribution in [-0.4, -0.2) is 20.9 Å². The molecular weight excluding hydrogens is 256 g/mol. The highest BCUT2D eigenvalue weighted by Gasteiger charge is 2.06. The van der Waals surface area contributed by atoms with Crippen molar-refractivity contribution < 1.29 is 0 Å². The second-order valence-electron chi connectivity index (χ2n) is 4.78. The van der Waals surface area contributed by atoms with Gasteiger partial charge in [0, 0.05) is 11.4 Å². The highest BCUT2D eigenvalue weighted by atomic mass is 32.2. The number of aryl methyl sites for hydroxylation is 1. The third-order valence-electron chi connectivity index (χ3n) is 2.97. The summed E-state index contributed by atoms with van der Waals surface area (Å²) in [6.07, 6.45) is 1.19. The van der Waals surface area contributed by atoms with Crippen LogP contribution in [0.15, 0.2) is 29.4 Å². The summed E-state index contributed by atoms with van der Waals surface area (Å²) in [5.74, 6) is 2.44. The Balaban J connectivity index is 1.91. The van der Waals surface area contributed by atoms with Crippen molar-refractivity contribution in [3.8, 4) is 0 Å². The molecule has 2 rings (SSSR count). The monoisotopic (exact) mass is 276 g/mol. The molecule has 0 bridgehead atoms. The van der Waals surface area contributed by atoms with Crippen molar-refractivity contribution in [1.29, 1.82) is 0 Å². The standard InChI is InChI=1S/C14H20N4S/c1-4-10(2)9-19-14-16-13(17-18-14)15-12-7-5-11(3)6-8-12/h5-8,10H,4,9H2,1-3H3,(H2,15,16,17,18). The maximum Gasteiger partial charge on any atom is 0.223 e. The average molecular weight is 276 g/mol. The molecule has 1 aromatic carbocycles. The van der Waals surface area contributed by atoms with Crippen LogP contribution >= 0.6 is 11.8 Å². The Morgan fingerprint density at radius 1 is 1.32 bits per heavy atom. The van der Waals surface area contributed by atoms with Crippen LogP contribution in [0, 0.1) is 12.8 Å². The number of H-pyrrole nitrogens is 1. The number of thioether (sulfide) groups is 1. The van der Waals surface area contributed by atoms with Gasteiger partial charge in [0.05, 0.1) is 0 Å². The number of rotatable bonds is 6. The molecule has 2 aromatic rings. The largest absolute Gasteiger partial charge is 0.325 e. The molecular formula is C14H20N4S. The summed E-state index contributed by atoms with van der Waals surface area (Å²) >= 11 is 1.69. The highest BCUT2D eigenvalue weighted by Crippen LogP contribution is 2.20. The van der Waals surface area contributed by atoms with E-state index in [-0.39, 0.29) is 0 Å². The van der Waals surface area contributed by atoms with E-state index in [1.54, 1.807) is 11.8 Å². The van der Waals surface area contributed by atoms with Gasteiger partial charge < -0.3 is 5.32 Å². The zero-order chi connectivity index (χ0) is 13.7. The molecule has 0 radical (unpaired) electrons. The molecule has 19 heavy (non-hydrogen) atoms. The summed E-state index contributed by atoms with van der Waals surface area (Å²) < 4.78 is 0. The van der Waals surface area contributed by atoms with Gasteiger partial charge in [-0.3, -0.25) is 0 Å². The molecule has 4 nitrogen and oxygen atoms in total. The van der Waals surface area contributed by atoms with Crippen molar-refractivity contribution in [2.75, 3.05) is 11.1 Å². The molecule has 5 heteroatoms. The molecule has 102 valence electrons. The van der Waals surface area contributed by atoms with Crippen LogP contribution in [0.2, 0.25) is 0 Å². The lowest BCUT2D eigenvalue weighted by atomic mass is 10.2. The Morgan fingerprint density at radius 3 is 2.74 bits per heavy atom. The van der Waals surface area contributed by atoms with Crippen molar-refractivity contribution in [3.05, 3.63) is 29.8 Å². The van der Waals surface area contributed by atoms with Gasteiger partial charge >= 0.3 is 0 Å². The zero-order valence-electron chi connectivity index (χ0n) is 11.6. The molecule has 1 unspecified atom stereocenters. The summed E-state index contributed by atoms with van der Waals surface area (Å²) in [6, 6.07) is 8.20. The molecule has 0 spiro atoms. The minimum absolute atomic E-state index is 0.690. The van der Waals surface area contributed by atoms with Gasteiger partial charge in [-0.25, -0.2) is 5.10 Å². The molecule has 1 atom stereocenters. The number of aromatic nitrogens is 3. The quantitative estimate of drug-likeness (QED) is 0.783. The van der Waals surface area contributed by atoms with Crippen molar-refractivity contribution >= 4 is 23.4 Å². The van der Waals surface area contributed by atoms with Gasteiger partial charge in [0.25, 0.3) is 0 Å². The van der Waals surface area contributed by atoms with Gasteiger partial charge in [0.1, 0.15) is 0 Å². The Kier molecular flexibility index (Phi) is 4.85. The lowest BCUT2D eigenvalue weighted by Crippen LogP contribution is -1.95. The second kappa shape index (κ2) is 6.61. The van der Waals surface area contributed by atoms with Crippen LogP contribution in [0.5, 0.6) is 0 Å². The van der Waals surface area contributed by atoms with E-state index in [2.05, 4.69) is 53.4 Å². The minimum atomic E-state index is 0.690. The number of benzene rings is 1. The lowest BCUT2D eigenvalue weighted by molar-refractivity contribution is 0.636. The SMILES string of the molecule is CCC(C)CSc1n[nH]c(Nc2ccc(C)cc2)n1. The van der Waals surface area contributed by atoms with Gasteiger partial charge in [0.15, 0.2) is 0 Å². The first-order chi connectivity index (χ1) is 9.17. The summed E-state index contributed by atoms with van der Waals surface area (Å²) in [6.45, 7) is 6.51. The van der Waals surface area contributed by atoms with E-state index in [9.17, 15) is 0 Å². The van der Waals surface area contributed by atoms with Crippen LogP contribution in [0.3, 0.4) is 0 Å². The van der Waals surface area contributed by atoms with Gasteiger partial charge in [-0.05, 0) is 25.0 Å². The highest BCUT2D eigenvalue weighted by molar-refractivity contribution is 7.99. The topological polar surface area (TPSA) is 53.6 Å². The van der Waals surface area contributed by atoms with E-state index in [1.807, 2.05) is 12.1 Å². The molecule has 0 saturated heterocycles. The fourth-order valence-corrected chi connectivity index (χ4v) is 2.41. The number of hydrogen-bond acceptors (Lipinski definition) is 4. The average Bonchev–Trinajstić information content (AvgIpc) is 2.86. The van der Waals surface area contributed by atoms with E-state index in [0.29, 0.717) is 11.9 Å². The van der Waals surface area contributed by atoms with Crippen molar-refractivity contribution in [2.45, 2.75) is 32.3 Å². The first-order valence-corrected chi connectivity index (χ1v) is 7.55. The number of nitrogens with zero attached hydrogens (tertiary/aromatic N) is 2. The fourth-order valence-electron chi connectivity index (χ4n) is 1.48. The normalized spacial score (nSPS) is 12.4. The maximum absolute atomic E-state index is 4.42. The first kappa shape index (κ1) is 13.9. The molecule has 0 aliphatic carbocycles. The summed E-state index contributed by atoms with van der Waals surface area (Å²) in [4.78, 5) is 4.42. The Morgan fingerprint density at radius 2 is 2.05 bits per heavy atom. The van der Waals surface area contributed by atoms with Gasteiger partial charge in [-0.1, -0.05) is 49.7 Å². The molecule has 1 heterocycles. The lowest BCUT2D eigenvalue weighted by Gasteiger charge is -2.04. The van der Waals surface area contributed by atoms with Crippen LogP contribution in [0.4, 0.5) is 11.6 Å². The Bertz CT molecular complexity index is 506. The molecule has 0 saturated carbocycles. The van der Waals surface area contributed by atoms with Crippen LogP contribution in [0.1, 0.15) is 25.8 Å². The van der Waals surface area contributed by atoms with Crippen LogP contribution in [-0.2, 0) is 0 Å². The van der Waals surface area contributed by atoms with Crippen LogP contribution in [0.25, 0.3) is 0 Å². The van der Waals surface area contributed by atoms with E-state index >= 15 is 0 Å². The number of anilines is 2. The van der Waals surface area contributed by atoms with E-state index in [4.69, 9.17) is 0 Å². The summed E-state index contributed by atoms with van der Waals surface area (Å²) in [5, 5.41) is 11.1. The number of hydrogen-bond donors (Lipinski definition) is 2. The number of nitrogens with one attached hydrogen (secondary N) is 2. The Hall–Kier alpha value is -1.49. The predicted molar refractivity (Wildman–Crippen MR) is 81.0 cm³/mol. The Labute approximate surface area is 118 Å². The second-order valence-corrected chi connectivity index (χ2v) is 5.77. The van der Waals surface area contributed by atoms with Gasteiger partial charge in [-0.2, -0.15) is 4.98 Å². The fraction of sp³-hybridized carbons (Fsp3) is 0.429. The van der Waals surface area contributed by atoms with Crippen molar-refractivity contribution in [1.82, 2.24) is 15.2 Å². The van der Waals surface area contributed by atoms with Crippen molar-refractivity contribution in [2.24, 2.45) is 5.92 Å². The van der Waals surface area contributed by atoms with E-state index in [1.165, 1.54) is 12.0 Å². The first-order valence-electron chi connectivity index (χ1n) is 6.56. The minimum Gasteiger partial charge on any atom is -0.325 e. The van der Waals surface area contributed by atoms with Crippen molar-refractivity contribution in [3.63, 3.8) is 0 Å². The molecule has 0 aliphatic heterocycles.